The largest absolute Gasteiger partial charge is 0.309 e. The van der Waals surface area contributed by atoms with Crippen LogP contribution in [-0.2, 0) is 11.2 Å². The molecule has 4 rings (SSSR count). The lowest BCUT2D eigenvalue weighted by atomic mass is 10.1. The number of rotatable bonds is 5. The van der Waals surface area contributed by atoms with Crippen molar-refractivity contribution in [3.63, 3.8) is 0 Å². The molecule has 8 heteroatoms. The first-order valence-electron chi connectivity index (χ1n) is 7.82. The zero-order valence-corrected chi connectivity index (χ0v) is 13.3. The number of amides is 1. The van der Waals surface area contributed by atoms with Gasteiger partial charge in [-0.3, -0.25) is 9.89 Å². The van der Waals surface area contributed by atoms with Gasteiger partial charge >= 0.3 is 0 Å². The van der Waals surface area contributed by atoms with Gasteiger partial charge in [0.2, 0.25) is 5.91 Å². The molecule has 0 saturated heterocycles. The smallest absolute Gasteiger partial charge is 0.225 e. The molecule has 3 aromatic heterocycles. The van der Waals surface area contributed by atoms with Crippen molar-refractivity contribution in [3.05, 3.63) is 60.9 Å². The number of carbonyl (C=O) groups is 1. The molecule has 0 fully saturated rings. The fraction of sp³-hybridized carbons (Fsp3) is 0.118. The van der Waals surface area contributed by atoms with Crippen molar-refractivity contribution < 1.29 is 4.79 Å². The van der Waals surface area contributed by atoms with Crippen LogP contribution in [0.3, 0.4) is 0 Å². The lowest BCUT2D eigenvalue weighted by molar-refractivity contribution is -0.116. The zero-order valence-electron chi connectivity index (χ0n) is 13.3. The van der Waals surface area contributed by atoms with E-state index in [1.54, 1.807) is 29.3 Å². The maximum Gasteiger partial charge on any atom is 0.225 e. The maximum absolute atomic E-state index is 12.2. The summed E-state index contributed by atoms with van der Waals surface area (Å²) >= 11 is 0. The number of hydrogen-bond acceptors (Lipinski definition) is 5. The predicted molar refractivity (Wildman–Crippen MR) is 92.2 cm³/mol. The molecule has 2 N–H and O–H groups in total. The Bertz CT molecular complexity index is 1010. The molecule has 25 heavy (non-hydrogen) atoms. The second kappa shape index (κ2) is 6.52. The maximum atomic E-state index is 12.2. The number of hydrogen-bond donors (Lipinski definition) is 2. The van der Waals surface area contributed by atoms with Gasteiger partial charge in [0.05, 0.1) is 17.9 Å². The molecule has 4 aromatic rings. The Morgan fingerprint density at radius 1 is 1.16 bits per heavy atom. The molecule has 1 aromatic carbocycles. The normalized spacial score (nSPS) is 10.9. The van der Waals surface area contributed by atoms with Gasteiger partial charge in [-0.1, -0.05) is 18.2 Å². The van der Waals surface area contributed by atoms with Gasteiger partial charge in [-0.05, 0) is 12.5 Å². The molecule has 0 atom stereocenters. The molecule has 124 valence electrons. The topological polar surface area (TPSA) is 101 Å². The van der Waals surface area contributed by atoms with E-state index in [1.165, 1.54) is 6.33 Å². The number of nitrogens with one attached hydrogen (secondary N) is 2. The van der Waals surface area contributed by atoms with Crippen LogP contribution in [0.2, 0.25) is 0 Å². The summed E-state index contributed by atoms with van der Waals surface area (Å²) in [5.41, 5.74) is 2.59. The SMILES string of the molecule is O=C(CCc1[nH]nc2ccccc12)Nc1ccn(-c2cncnc2)n1. The van der Waals surface area contributed by atoms with E-state index < -0.39 is 0 Å². The number of benzene rings is 1. The molecule has 0 aliphatic carbocycles. The van der Waals surface area contributed by atoms with Crippen molar-refractivity contribution in [3.8, 4) is 5.69 Å². The minimum Gasteiger partial charge on any atom is -0.309 e. The number of aryl methyl sites for hydroxylation is 1. The van der Waals surface area contributed by atoms with Gasteiger partial charge in [0.1, 0.15) is 12.0 Å². The van der Waals surface area contributed by atoms with Crippen LogP contribution in [0.1, 0.15) is 12.1 Å². The van der Waals surface area contributed by atoms with Crippen molar-refractivity contribution in [2.24, 2.45) is 0 Å². The van der Waals surface area contributed by atoms with Gasteiger partial charge in [-0.15, -0.1) is 5.10 Å². The first kappa shape index (κ1) is 15.0. The monoisotopic (exact) mass is 333 g/mol. The highest BCUT2D eigenvalue weighted by Crippen LogP contribution is 2.16. The molecule has 0 saturated carbocycles. The molecular formula is C17H15N7O. The summed E-state index contributed by atoms with van der Waals surface area (Å²) in [4.78, 5) is 20.1. The summed E-state index contributed by atoms with van der Waals surface area (Å²) in [5, 5.41) is 15.4. The third-order valence-electron chi connectivity index (χ3n) is 3.81. The fourth-order valence-electron chi connectivity index (χ4n) is 2.59. The van der Waals surface area contributed by atoms with Crippen molar-refractivity contribution in [2.75, 3.05) is 5.32 Å². The van der Waals surface area contributed by atoms with Crippen LogP contribution in [0.4, 0.5) is 5.82 Å². The number of carbonyl (C=O) groups excluding carboxylic acids is 1. The molecule has 0 aliphatic rings. The van der Waals surface area contributed by atoms with Crippen LogP contribution in [-0.4, -0.2) is 35.9 Å². The first-order valence-corrected chi connectivity index (χ1v) is 7.82. The van der Waals surface area contributed by atoms with Gasteiger partial charge < -0.3 is 5.32 Å². The number of nitrogens with zero attached hydrogens (tertiary/aromatic N) is 5. The van der Waals surface area contributed by atoms with E-state index >= 15 is 0 Å². The van der Waals surface area contributed by atoms with Gasteiger partial charge in [0.25, 0.3) is 0 Å². The Balaban J connectivity index is 1.39. The Morgan fingerprint density at radius 3 is 2.88 bits per heavy atom. The summed E-state index contributed by atoms with van der Waals surface area (Å²) in [6.45, 7) is 0. The van der Waals surface area contributed by atoms with Crippen LogP contribution in [0.15, 0.2) is 55.2 Å². The molecular weight excluding hydrogens is 318 g/mol. The van der Waals surface area contributed by atoms with Crippen LogP contribution in [0, 0.1) is 0 Å². The van der Waals surface area contributed by atoms with Crippen LogP contribution >= 0.6 is 0 Å². The van der Waals surface area contributed by atoms with E-state index in [9.17, 15) is 4.79 Å². The van der Waals surface area contributed by atoms with E-state index in [2.05, 4.69) is 30.6 Å². The standard InChI is InChI=1S/C17H15N7O/c25-17(6-5-15-13-3-1-2-4-14(13)21-22-15)20-16-7-8-24(23-16)12-9-18-11-19-10-12/h1-4,7-11H,5-6H2,(H,21,22)(H,20,23,25). The summed E-state index contributed by atoms with van der Waals surface area (Å²) in [7, 11) is 0. The third-order valence-corrected chi connectivity index (χ3v) is 3.81. The Labute approximate surface area is 142 Å². The van der Waals surface area contributed by atoms with E-state index in [4.69, 9.17) is 0 Å². The molecule has 0 radical (unpaired) electrons. The predicted octanol–water partition coefficient (Wildman–Crippen LogP) is 2.11. The van der Waals surface area contributed by atoms with Crippen molar-refractivity contribution in [2.45, 2.75) is 12.8 Å². The molecule has 8 nitrogen and oxygen atoms in total. The van der Waals surface area contributed by atoms with E-state index in [0.29, 0.717) is 18.7 Å². The quantitative estimate of drug-likeness (QED) is 0.582. The number of aromatic amines is 1. The van der Waals surface area contributed by atoms with Gasteiger partial charge in [0, 0.05) is 29.8 Å². The van der Waals surface area contributed by atoms with E-state index in [0.717, 1.165) is 22.3 Å². The van der Waals surface area contributed by atoms with Crippen LogP contribution < -0.4 is 5.32 Å². The summed E-state index contributed by atoms with van der Waals surface area (Å²) < 4.78 is 1.61. The highest BCUT2D eigenvalue weighted by atomic mass is 16.1. The van der Waals surface area contributed by atoms with Crippen molar-refractivity contribution in [1.29, 1.82) is 0 Å². The number of aromatic nitrogens is 6. The number of H-pyrrole nitrogens is 1. The summed E-state index contributed by atoms with van der Waals surface area (Å²) in [6, 6.07) is 9.57. The van der Waals surface area contributed by atoms with Crippen molar-refractivity contribution >= 4 is 22.6 Å². The average molecular weight is 333 g/mol. The highest BCUT2D eigenvalue weighted by Gasteiger charge is 2.09. The van der Waals surface area contributed by atoms with E-state index in [-0.39, 0.29) is 5.91 Å². The number of anilines is 1. The Hall–Kier alpha value is -3.55. The third kappa shape index (κ3) is 3.23. The number of fused-ring (bicyclic) bond motifs is 1. The second-order valence-corrected chi connectivity index (χ2v) is 5.51. The second-order valence-electron chi connectivity index (χ2n) is 5.51. The minimum atomic E-state index is -0.103. The van der Waals surface area contributed by atoms with Gasteiger partial charge in [0.15, 0.2) is 5.82 Å². The van der Waals surface area contributed by atoms with Crippen LogP contribution in [0.25, 0.3) is 16.6 Å². The highest BCUT2D eigenvalue weighted by molar-refractivity contribution is 5.90. The van der Waals surface area contributed by atoms with E-state index in [1.807, 2.05) is 24.3 Å². The van der Waals surface area contributed by atoms with Gasteiger partial charge in [-0.2, -0.15) is 5.10 Å². The molecule has 3 heterocycles. The molecule has 0 spiro atoms. The van der Waals surface area contributed by atoms with Crippen molar-refractivity contribution in [1.82, 2.24) is 29.9 Å². The summed E-state index contributed by atoms with van der Waals surface area (Å²) in [6.07, 6.45) is 7.42. The van der Waals surface area contributed by atoms with Crippen LogP contribution in [0.5, 0.6) is 0 Å². The first-order chi connectivity index (χ1) is 12.3. The lowest BCUT2D eigenvalue weighted by Crippen LogP contribution is -2.13. The number of para-hydroxylation sites is 1. The molecule has 1 amide bonds. The summed E-state index contributed by atoms with van der Waals surface area (Å²) in [5.74, 6) is 0.386. The minimum absolute atomic E-state index is 0.103. The average Bonchev–Trinajstić information content (AvgIpc) is 3.28. The van der Waals surface area contributed by atoms with Gasteiger partial charge in [-0.25, -0.2) is 14.6 Å². The Kier molecular flexibility index (Phi) is 3.91. The molecule has 0 aliphatic heterocycles. The zero-order chi connectivity index (χ0) is 17.1. The molecule has 0 bridgehead atoms. The lowest BCUT2D eigenvalue weighted by Gasteiger charge is -2.02. The fourth-order valence-corrected chi connectivity index (χ4v) is 2.59. The molecule has 0 unspecified atom stereocenters. The Morgan fingerprint density at radius 2 is 2.00 bits per heavy atom.